The van der Waals surface area contributed by atoms with Gasteiger partial charge in [-0.2, -0.15) is 0 Å². The van der Waals surface area contributed by atoms with Crippen LogP contribution in [0.3, 0.4) is 0 Å². The van der Waals surface area contributed by atoms with E-state index in [1.165, 1.54) is 17.7 Å². The maximum atomic E-state index is 12.2. The number of hydrogen-bond donors (Lipinski definition) is 2. The van der Waals surface area contributed by atoms with E-state index in [1.807, 2.05) is 13.0 Å². The quantitative estimate of drug-likeness (QED) is 0.625. The standard InChI is InChI=1S/C20H22O4/c1-12(2)5-4-6-13(3)7-8-14-16(21)10-9-15-17(22)11-18(23)20(24)19(14)15/h5,7,9-11,21-22H,4,6,8H2,1-3H3/b13-7+. The van der Waals surface area contributed by atoms with Gasteiger partial charge in [0, 0.05) is 22.8 Å². The molecule has 1 aliphatic carbocycles. The molecule has 0 heterocycles. The maximum absolute atomic E-state index is 12.2. The SMILES string of the molecule is CC(C)=CCC/C(C)=C/Cc1c(O)ccc2c1C(=O)C(=O)C=C2O. The number of ketones is 2. The second-order valence-electron chi connectivity index (χ2n) is 6.28. The molecule has 0 unspecified atom stereocenters. The number of phenols is 1. The van der Waals surface area contributed by atoms with E-state index in [9.17, 15) is 19.8 Å². The summed E-state index contributed by atoms with van der Waals surface area (Å²) >= 11 is 0. The number of benzene rings is 1. The monoisotopic (exact) mass is 326 g/mol. The van der Waals surface area contributed by atoms with Crippen LogP contribution in [0.15, 0.2) is 41.5 Å². The van der Waals surface area contributed by atoms with Crippen molar-refractivity contribution < 1.29 is 19.8 Å². The zero-order valence-corrected chi connectivity index (χ0v) is 14.2. The minimum absolute atomic E-state index is 0.0436. The molecule has 0 atom stereocenters. The second kappa shape index (κ2) is 7.30. The number of rotatable bonds is 5. The molecule has 0 saturated carbocycles. The molecule has 0 fully saturated rings. The van der Waals surface area contributed by atoms with Crippen molar-refractivity contribution in [1.82, 2.24) is 0 Å². The third-order valence-electron chi connectivity index (χ3n) is 4.03. The van der Waals surface area contributed by atoms with Crippen LogP contribution >= 0.6 is 0 Å². The number of carbonyl (C=O) groups is 2. The molecule has 24 heavy (non-hydrogen) atoms. The first kappa shape index (κ1) is 17.7. The predicted molar refractivity (Wildman–Crippen MR) is 94.2 cm³/mol. The topological polar surface area (TPSA) is 74.6 Å². The average Bonchev–Trinajstić information content (AvgIpc) is 2.50. The lowest BCUT2D eigenvalue weighted by molar-refractivity contribution is -0.111. The molecule has 126 valence electrons. The fraction of sp³-hybridized carbons (Fsp3) is 0.300. The highest BCUT2D eigenvalue weighted by Gasteiger charge is 2.29. The Kier molecular flexibility index (Phi) is 5.39. The van der Waals surface area contributed by atoms with Crippen LogP contribution in [0.1, 0.15) is 55.1 Å². The zero-order chi connectivity index (χ0) is 17.9. The van der Waals surface area contributed by atoms with Crippen LogP contribution in [0, 0.1) is 0 Å². The van der Waals surface area contributed by atoms with Crippen molar-refractivity contribution in [3.05, 3.63) is 58.2 Å². The molecule has 2 N–H and O–H groups in total. The van der Waals surface area contributed by atoms with Crippen LogP contribution in [-0.2, 0) is 11.2 Å². The number of aliphatic hydroxyl groups excluding tert-OH is 1. The Hall–Kier alpha value is -2.62. The zero-order valence-electron chi connectivity index (χ0n) is 14.2. The molecule has 0 aliphatic heterocycles. The third kappa shape index (κ3) is 3.82. The van der Waals surface area contributed by atoms with Crippen molar-refractivity contribution >= 4 is 17.3 Å². The van der Waals surface area contributed by atoms with Gasteiger partial charge in [-0.05, 0) is 52.2 Å². The number of aromatic hydroxyl groups is 1. The predicted octanol–water partition coefficient (Wildman–Crippen LogP) is 4.29. The highest BCUT2D eigenvalue weighted by molar-refractivity contribution is 6.50. The van der Waals surface area contributed by atoms with Crippen molar-refractivity contribution in [2.24, 2.45) is 0 Å². The number of carbonyl (C=O) groups excluding carboxylic acids is 2. The molecule has 0 aromatic heterocycles. The van der Waals surface area contributed by atoms with Crippen LogP contribution in [-0.4, -0.2) is 21.8 Å². The van der Waals surface area contributed by atoms with Crippen molar-refractivity contribution in [3.63, 3.8) is 0 Å². The Labute approximate surface area is 141 Å². The minimum atomic E-state index is -0.767. The first-order chi connectivity index (χ1) is 11.3. The van der Waals surface area contributed by atoms with Crippen LogP contribution in [0.2, 0.25) is 0 Å². The second-order valence-corrected chi connectivity index (χ2v) is 6.28. The lowest BCUT2D eigenvalue weighted by atomic mass is 9.87. The van der Waals surface area contributed by atoms with Gasteiger partial charge < -0.3 is 10.2 Å². The van der Waals surface area contributed by atoms with Gasteiger partial charge in [0.05, 0.1) is 0 Å². The van der Waals surface area contributed by atoms with Gasteiger partial charge in [-0.3, -0.25) is 9.59 Å². The summed E-state index contributed by atoms with van der Waals surface area (Å²) in [6.07, 6.45) is 7.18. The van der Waals surface area contributed by atoms with E-state index in [1.54, 1.807) is 0 Å². The fourth-order valence-corrected chi connectivity index (χ4v) is 2.67. The summed E-state index contributed by atoms with van der Waals surface area (Å²) in [5.74, 6) is -1.74. The molecule has 1 aliphatic rings. The molecule has 1 aromatic rings. The van der Waals surface area contributed by atoms with Gasteiger partial charge in [-0.1, -0.05) is 23.3 Å². The summed E-state index contributed by atoms with van der Waals surface area (Å²) in [6.45, 7) is 6.10. The molecular weight excluding hydrogens is 304 g/mol. The molecule has 2 rings (SSSR count). The van der Waals surface area contributed by atoms with Gasteiger partial charge in [-0.15, -0.1) is 0 Å². The summed E-state index contributed by atoms with van der Waals surface area (Å²) in [5.41, 5.74) is 3.19. The lowest BCUT2D eigenvalue weighted by Gasteiger charge is -2.16. The number of hydrogen-bond acceptors (Lipinski definition) is 4. The number of aliphatic hydroxyl groups is 1. The van der Waals surface area contributed by atoms with Crippen LogP contribution in [0.5, 0.6) is 5.75 Å². The van der Waals surface area contributed by atoms with Gasteiger partial charge in [0.15, 0.2) is 0 Å². The number of Topliss-reactive ketones (excluding diaryl/α,β-unsaturated/α-hetero) is 1. The smallest absolute Gasteiger partial charge is 0.234 e. The maximum Gasteiger partial charge on any atom is 0.234 e. The summed E-state index contributed by atoms with van der Waals surface area (Å²) in [5, 5.41) is 20.0. The average molecular weight is 326 g/mol. The van der Waals surface area contributed by atoms with E-state index in [2.05, 4.69) is 19.9 Å². The number of fused-ring (bicyclic) bond motifs is 1. The first-order valence-corrected chi connectivity index (χ1v) is 7.94. The van der Waals surface area contributed by atoms with Gasteiger partial charge in [0.2, 0.25) is 11.6 Å². The van der Waals surface area contributed by atoms with E-state index in [-0.39, 0.29) is 17.1 Å². The molecule has 0 saturated heterocycles. The van der Waals surface area contributed by atoms with Gasteiger partial charge >= 0.3 is 0 Å². The van der Waals surface area contributed by atoms with Crippen molar-refractivity contribution in [1.29, 1.82) is 0 Å². The van der Waals surface area contributed by atoms with E-state index >= 15 is 0 Å². The molecule has 4 heteroatoms. The molecule has 0 amide bonds. The van der Waals surface area contributed by atoms with Gasteiger partial charge in [-0.25, -0.2) is 0 Å². The van der Waals surface area contributed by atoms with E-state index in [0.29, 0.717) is 17.5 Å². The first-order valence-electron chi connectivity index (χ1n) is 7.94. The highest BCUT2D eigenvalue weighted by atomic mass is 16.3. The molecule has 1 aromatic carbocycles. The fourth-order valence-electron chi connectivity index (χ4n) is 2.67. The van der Waals surface area contributed by atoms with Gasteiger partial charge in [0.1, 0.15) is 11.5 Å². The highest BCUT2D eigenvalue weighted by Crippen LogP contribution is 2.32. The van der Waals surface area contributed by atoms with E-state index < -0.39 is 11.6 Å². The van der Waals surface area contributed by atoms with Crippen LogP contribution in [0.25, 0.3) is 5.76 Å². The summed E-state index contributed by atoms with van der Waals surface area (Å²) in [4.78, 5) is 23.9. The molecule has 0 radical (unpaired) electrons. The van der Waals surface area contributed by atoms with Crippen molar-refractivity contribution in [2.75, 3.05) is 0 Å². The van der Waals surface area contributed by atoms with E-state index in [0.717, 1.165) is 24.5 Å². The summed E-state index contributed by atoms with van der Waals surface area (Å²) in [7, 11) is 0. The lowest BCUT2D eigenvalue weighted by Crippen LogP contribution is -2.20. The van der Waals surface area contributed by atoms with Gasteiger partial charge in [0.25, 0.3) is 0 Å². The Morgan fingerprint density at radius 2 is 1.79 bits per heavy atom. The molecule has 0 bridgehead atoms. The Morgan fingerprint density at radius 1 is 1.08 bits per heavy atom. The largest absolute Gasteiger partial charge is 0.508 e. The van der Waals surface area contributed by atoms with Crippen molar-refractivity contribution in [3.8, 4) is 5.75 Å². The Bertz CT molecular complexity index is 775. The normalized spacial score (nSPS) is 14.3. The Morgan fingerprint density at radius 3 is 2.46 bits per heavy atom. The molecular formula is C20H22O4. The third-order valence-corrected chi connectivity index (χ3v) is 4.03. The number of allylic oxidation sites excluding steroid dienone is 5. The van der Waals surface area contributed by atoms with Crippen molar-refractivity contribution in [2.45, 2.75) is 40.0 Å². The number of phenolic OH excluding ortho intramolecular Hbond substituents is 1. The minimum Gasteiger partial charge on any atom is -0.508 e. The summed E-state index contributed by atoms with van der Waals surface area (Å²) in [6, 6.07) is 2.89. The molecule has 0 spiro atoms. The van der Waals surface area contributed by atoms with Crippen LogP contribution in [0.4, 0.5) is 0 Å². The molecule has 4 nitrogen and oxygen atoms in total. The summed E-state index contributed by atoms with van der Waals surface area (Å²) < 4.78 is 0. The Balaban J connectivity index is 2.30. The van der Waals surface area contributed by atoms with Crippen LogP contribution < -0.4 is 0 Å². The van der Waals surface area contributed by atoms with E-state index in [4.69, 9.17) is 0 Å².